The molecule has 0 saturated carbocycles. The van der Waals surface area contributed by atoms with E-state index in [4.69, 9.17) is 5.11 Å². The van der Waals surface area contributed by atoms with Crippen molar-refractivity contribution in [1.82, 2.24) is 10.2 Å². The molecule has 1 fully saturated rings. The van der Waals surface area contributed by atoms with E-state index in [-0.39, 0.29) is 6.04 Å². The van der Waals surface area contributed by atoms with Gasteiger partial charge in [-0.2, -0.15) is 0 Å². The predicted octanol–water partition coefficient (Wildman–Crippen LogP) is 0.0992. The minimum absolute atomic E-state index is 0.346. The van der Waals surface area contributed by atoms with E-state index in [0.29, 0.717) is 19.5 Å². The lowest BCUT2D eigenvalue weighted by molar-refractivity contribution is -0.0623. The summed E-state index contributed by atoms with van der Waals surface area (Å²) in [6.07, 6.45) is 0.417. The van der Waals surface area contributed by atoms with Crippen LogP contribution in [0, 0.1) is 0 Å². The van der Waals surface area contributed by atoms with Crippen molar-refractivity contribution in [1.29, 1.82) is 0 Å². The molecular formula is C9H18N2O3. The molecule has 0 aromatic rings. The first-order valence-electron chi connectivity index (χ1n) is 4.88. The van der Waals surface area contributed by atoms with Gasteiger partial charge in [-0.05, 0) is 26.8 Å². The lowest BCUT2D eigenvalue weighted by atomic mass is 9.85. The number of likely N-dealkylation sites (tertiary alicyclic amines) is 1. The van der Waals surface area contributed by atoms with Crippen LogP contribution < -0.4 is 5.32 Å². The number of nitrogens with one attached hydrogen (secondary N) is 1. The summed E-state index contributed by atoms with van der Waals surface area (Å²) in [5, 5.41) is 22.0. The highest BCUT2D eigenvalue weighted by molar-refractivity contribution is 5.65. The largest absolute Gasteiger partial charge is 0.465 e. The van der Waals surface area contributed by atoms with Crippen LogP contribution in [-0.2, 0) is 0 Å². The Bertz CT molecular complexity index is 218. The first-order chi connectivity index (χ1) is 6.51. The number of piperidine rings is 1. The van der Waals surface area contributed by atoms with Gasteiger partial charge in [0.05, 0.1) is 11.6 Å². The van der Waals surface area contributed by atoms with Crippen molar-refractivity contribution in [2.24, 2.45) is 0 Å². The lowest BCUT2D eigenvalue weighted by Gasteiger charge is -2.44. The molecular weight excluding hydrogens is 184 g/mol. The van der Waals surface area contributed by atoms with Crippen LogP contribution in [-0.4, -0.2) is 53.0 Å². The van der Waals surface area contributed by atoms with Crippen molar-refractivity contribution in [2.75, 3.05) is 20.1 Å². The molecule has 1 saturated heterocycles. The van der Waals surface area contributed by atoms with Crippen LogP contribution in [0.3, 0.4) is 0 Å². The van der Waals surface area contributed by atoms with Crippen LogP contribution >= 0.6 is 0 Å². The molecule has 14 heavy (non-hydrogen) atoms. The highest BCUT2D eigenvalue weighted by atomic mass is 16.4. The molecule has 0 aromatic carbocycles. The Kier molecular flexibility index (Phi) is 3.34. The third kappa shape index (κ3) is 1.99. The third-order valence-electron chi connectivity index (χ3n) is 2.98. The average molecular weight is 202 g/mol. The molecule has 5 heteroatoms. The summed E-state index contributed by atoms with van der Waals surface area (Å²) in [6, 6.07) is -0.346. The Morgan fingerprint density at radius 2 is 2.36 bits per heavy atom. The van der Waals surface area contributed by atoms with Gasteiger partial charge >= 0.3 is 6.09 Å². The SMILES string of the molecule is CNCC1(O)CCCN(C(=O)O)C1C. The second-order valence-corrected chi connectivity index (χ2v) is 3.89. The van der Waals surface area contributed by atoms with Crippen molar-refractivity contribution in [3.05, 3.63) is 0 Å². The van der Waals surface area contributed by atoms with Crippen molar-refractivity contribution >= 4 is 6.09 Å². The average Bonchev–Trinajstić information content (AvgIpc) is 2.10. The summed E-state index contributed by atoms with van der Waals surface area (Å²) in [5.41, 5.74) is -0.925. The maximum atomic E-state index is 10.9. The molecule has 0 aliphatic carbocycles. The molecule has 82 valence electrons. The van der Waals surface area contributed by atoms with Gasteiger partial charge in [0, 0.05) is 13.1 Å². The Hall–Kier alpha value is -0.810. The number of amides is 1. The molecule has 5 nitrogen and oxygen atoms in total. The Labute approximate surface area is 83.7 Å². The molecule has 0 bridgehead atoms. The molecule has 0 spiro atoms. The van der Waals surface area contributed by atoms with E-state index in [0.717, 1.165) is 6.42 Å². The summed E-state index contributed by atoms with van der Waals surface area (Å²) >= 11 is 0. The van der Waals surface area contributed by atoms with Crippen LogP contribution in [0.25, 0.3) is 0 Å². The summed E-state index contributed by atoms with van der Waals surface area (Å²) in [6.45, 7) is 2.70. The summed E-state index contributed by atoms with van der Waals surface area (Å²) < 4.78 is 0. The summed E-state index contributed by atoms with van der Waals surface area (Å²) in [7, 11) is 1.75. The number of aliphatic hydroxyl groups is 1. The predicted molar refractivity (Wildman–Crippen MR) is 52.3 cm³/mol. The van der Waals surface area contributed by atoms with E-state index in [2.05, 4.69) is 5.32 Å². The fraction of sp³-hybridized carbons (Fsp3) is 0.889. The van der Waals surface area contributed by atoms with Gasteiger partial charge in [0.25, 0.3) is 0 Å². The molecule has 1 aliphatic heterocycles. The Balaban J connectivity index is 2.74. The molecule has 0 radical (unpaired) electrons. The molecule has 3 N–H and O–H groups in total. The van der Waals surface area contributed by atoms with Gasteiger partial charge < -0.3 is 20.4 Å². The zero-order chi connectivity index (χ0) is 10.8. The second-order valence-electron chi connectivity index (χ2n) is 3.89. The molecule has 1 rings (SSSR count). The number of nitrogens with zero attached hydrogens (tertiary/aromatic N) is 1. The number of hydrogen-bond donors (Lipinski definition) is 3. The van der Waals surface area contributed by atoms with E-state index in [1.165, 1.54) is 4.90 Å². The molecule has 1 aliphatic rings. The smallest absolute Gasteiger partial charge is 0.407 e. The van der Waals surface area contributed by atoms with Gasteiger partial charge in [-0.15, -0.1) is 0 Å². The monoisotopic (exact) mass is 202 g/mol. The maximum Gasteiger partial charge on any atom is 0.407 e. The molecule has 0 aromatic heterocycles. The van der Waals surface area contributed by atoms with Crippen molar-refractivity contribution in [2.45, 2.75) is 31.4 Å². The Morgan fingerprint density at radius 1 is 1.71 bits per heavy atom. The summed E-state index contributed by atoms with van der Waals surface area (Å²) in [4.78, 5) is 12.2. The number of hydrogen-bond acceptors (Lipinski definition) is 3. The zero-order valence-corrected chi connectivity index (χ0v) is 8.66. The number of carboxylic acid groups (broad SMARTS) is 1. The highest BCUT2D eigenvalue weighted by Crippen LogP contribution is 2.27. The van der Waals surface area contributed by atoms with E-state index in [1.807, 2.05) is 0 Å². The van der Waals surface area contributed by atoms with Gasteiger partial charge in [0.1, 0.15) is 0 Å². The maximum absolute atomic E-state index is 10.9. The van der Waals surface area contributed by atoms with Gasteiger partial charge in [-0.25, -0.2) is 4.79 Å². The topological polar surface area (TPSA) is 72.8 Å². The lowest BCUT2D eigenvalue weighted by Crippen LogP contribution is -2.60. The minimum Gasteiger partial charge on any atom is -0.465 e. The van der Waals surface area contributed by atoms with Crippen molar-refractivity contribution < 1.29 is 15.0 Å². The highest BCUT2D eigenvalue weighted by Gasteiger charge is 2.41. The molecule has 1 heterocycles. The van der Waals surface area contributed by atoms with Crippen molar-refractivity contribution in [3.63, 3.8) is 0 Å². The first kappa shape index (κ1) is 11.3. The summed E-state index contributed by atoms with van der Waals surface area (Å²) in [5.74, 6) is 0. The molecule has 2 unspecified atom stereocenters. The second kappa shape index (κ2) is 4.14. The number of carbonyl (C=O) groups is 1. The fourth-order valence-corrected chi connectivity index (χ4v) is 2.05. The normalized spacial score (nSPS) is 33.1. The van der Waals surface area contributed by atoms with Gasteiger partial charge in [0.2, 0.25) is 0 Å². The third-order valence-corrected chi connectivity index (χ3v) is 2.98. The van der Waals surface area contributed by atoms with E-state index < -0.39 is 11.7 Å². The minimum atomic E-state index is -0.952. The quantitative estimate of drug-likeness (QED) is 0.594. The van der Waals surface area contributed by atoms with Crippen LogP contribution in [0.2, 0.25) is 0 Å². The fourth-order valence-electron chi connectivity index (χ4n) is 2.05. The van der Waals surface area contributed by atoms with Gasteiger partial charge in [-0.1, -0.05) is 0 Å². The van der Waals surface area contributed by atoms with E-state index >= 15 is 0 Å². The zero-order valence-electron chi connectivity index (χ0n) is 8.66. The standard InChI is InChI=1S/C9H18N2O3/c1-7-9(14,6-10-2)4-3-5-11(7)8(12)13/h7,10,14H,3-6H2,1-2H3,(H,12,13). The first-order valence-corrected chi connectivity index (χ1v) is 4.88. The van der Waals surface area contributed by atoms with Crippen molar-refractivity contribution in [3.8, 4) is 0 Å². The molecule has 1 amide bonds. The van der Waals surface area contributed by atoms with Gasteiger partial charge in [-0.3, -0.25) is 0 Å². The van der Waals surface area contributed by atoms with Crippen LogP contribution in [0.4, 0.5) is 4.79 Å². The molecule has 2 atom stereocenters. The van der Waals surface area contributed by atoms with Crippen LogP contribution in [0.1, 0.15) is 19.8 Å². The number of rotatable bonds is 2. The van der Waals surface area contributed by atoms with Crippen LogP contribution in [0.15, 0.2) is 0 Å². The van der Waals surface area contributed by atoms with Crippen LogP contribution in [0.5, 0.6) is 0 Å². The van der Waals surface area contributed by atoms with E-state index in [9.17, 15) is 9.90 Å². The Morgan fingerprint density at radius 3 is 2.86 bits per heavy atom. The number of likely N-dealkylation sites (N-methyl/N-ethyl adjacent to an activating group) is 1. The van der Waals surface area contributed by atoms with Gasteiger partial charge in [0.15, 0.2) is 0 Å². The van der Waals surface area contributed by atoms with E-state index in [1.54, 1.807) is 14.0 Å².